The first-order chi connectivity index (χ1) is 9.17. The number of halogens is 1. The van der Waals surface area contributed by atoms with Crippen LogP contribution in [-0.2, 0) is 0 Å². The summed E-state index contributed by atoms with van der Waals surface area (Å²) in [6, 6.07) is 6.14. The predicted octanol–water partition coefficient (Wildman–Crippen LogP) is 2.24. The lowest BCUT2D eigenvalue weighted by molar-refractivity contribution is 0.0739. The zero-order valence-corrected chi connectivity index (χ0v) is 11.0. The number of para-hydroxylation sites is 1. The molecule has 0 amide bonds. The second-order valence-corrected chi connectivity index (χ2v) is 4.19. The minimum Gasteiger partial charge on any atom is -0.488 e. The first kappa shape index (κ1) is 15.4. The fourth-order valence-corrected chi connectivity index (χ4v) is 1.69. The van der Waals surface area contributed by atoms with E-state index in [-0.39, 0.29) is 12.4 Å². The minimum atomic E-state index is -0.695. The van der Waals surface area contributed by atoms with Gasteiger partial charge in [-0.25, -0.2) is 4.39 Å². The van der Waals surface area contributed by atoms with Gasteiger partial charge < -0.3 is 9.84 Å². The van der Waals surface area contributed by atoms with Gasteiger partial charge in [-0.3, -0.25) is 4.90 Å². The van der Waals surface area contributed by atoms with E-state index in [0.717, 1.165) is 0 Å². The molecule has 104 valence electrons. The molecule has 0 bridgehead atoms. The van der Waals surface area contributed by atoms with Gasteiger partial charge in [0.1, 0.15) is 12.7 Å². The molecule has 0 aliphatic carbocycles. The van der Waals surface area contributed by atoms with Gasteiger partial charge in [0.25, 0.3) is 0 Å². The Morgan fingerprint density at radius 1 is 1.26 bits per heavy atom. The van der Waals surface area contributed by atoms with Crippen LogP contribution in [0.3, 0.4) is 0 Å². The van der Waals surface area contributed by atoms with Crippen LogP contribution in [0.15, 0.2) is 49.6 Å². The van der Waals surface area contributed by atoms with Crippen LogP contribution in [0, 0.1) is 5.82 Å². The molecule has 1 N–H and O–H groups in total. The Kier molecular flexibility index (Phi) is 6.85. The van der Waals surface area contributed by atoms with Gasteiger partial charge in [0.05, 0.1) is 0 Å². The van der Waals surface area contributed by atoms with Crippen molar-refractivity contribution in [1.29, 1.82) is 0 Å². The fourth-order valence-electron chi connectivity index (χ4n) is 1.69. The third-order valence-electron chi connectivity index (χ3n) is 2.51. The average Bonchev–Trinajstić information content (AvgIpc) is 2.38. The maximum atomic E-state index is 13.3. The number of rotatable bonds is 9. The summed E-state index contributed by atoms with van der Waals surface area (Å²) in [7, 11) is 0. The van der Waals surface area contributed by atoms with Gasteiger partial charge in [-0.2, -0.15) is 0 Å². The van der Waals surface area contributed by atoms with Crippen molar-refractivity contribution in [1.82, 2.24) is 4.90 Å². The van der Waals surface area contributed by atoms with Crippen LogP contribution in [0.25, 0.3) is 0 Å². The lowest BCUT2D eigenvalue weighted by atomic mass is 10.3. The molecular formula is C15H20FNO2. The second-order valence-electron chi connectivity index (χ2n) is 4.19. The van der Waals surface area contributed by atoms with E-state index in [1.54, 1.807) is 24.3 Å². The highest BCUT2D eigenvalue weighted by Crippen LogP contribution is 2.15. The summed E-state index contributed by atoms with van der Waals surface area (Å²) >= 11 is 0. The Morgan fingerprint density at radius 2 is 1.89 bits per heavy atom. The number of hydrogen-bond donors (Lipinski definition) is 1. The zero-order chi connectivity index (χ0) is 14.1. The molecule has 1 atom stereocenters. The van der Waals surface area contributed by atoms with Crippen LogP contribution in [0.1, 0.15) is 0 Å². The van der Waals surface area contributed by atoms with Crippen LogP contribution < -0.4 is 4.74 Å². The Balaban J connectivity index is 2.42. The topological polar surface area (TPSA) is 32.7 Å². The molecule has 0 aromatic heterocycles. The number of aliphatic hydroxyl groups excluding tert-OH is 1. The van der Waals surface area contributed by atoms with Gasteiger partial charge in [0.2, 0.25) is 0 Å². The Bertz CT molecular complexity index is 399. The molecule has 0 spiro atoms. The predicted molar refractivity (Wildman–Crippen MR) is 74.7 cm³/mol. The van der Waals surface area contributed by atoms with Crippen molar-refractivity contribution in [3.8, 4) is 5.75 Å². The van der Waals surface area contributed by atoms with Gasteiger partial charge in [-0.05, 0) is 12.1 Å². The average molecular weight is 265 g/mol. The highest BCUT2D eigenvalue weighted by atomic mass is 19.1. The van der Waals surface area contributed by atoms with Crippen LogP contribution in [0.5, 0.6) is 5.75 Å². The summed E-state index contributed by atoms with van der Waals surface area (Å²) < 4.78 is 18.6. The normalized spacial score (nSPS) is 12.2. The summed E-state index contributed by atoms with van der Waals surface area (Å²) in [5.74, 6) is -0.274. The van der Waals surface area contributed by atoms with E-state index in [0.29, 0.717) is 19.6 Å². The number of aliphatic hydroxyl groups is 1. The quantitative estimate of drug-likeness (QED) is 0.695. The largest absolute Gasteiger partial charge is 0.488 e. The Labute approximate surface area is 113 Å². The monoisotopic (exact) mass is 265 g/mol. The van der Waals surface area contributed by atoms with Crippen molar-refractivity contribution in [2.24, 2.45) is 0 Å². The molecule has 1 aromatic rings. The van der Waals surface area contributed by atoms with E-state index in [9.17, 15) is 9.50 Å². The maximum absolute atomic E-state index is 13.3. The highest BCUT2D eigenvalue weighted by molar-refractivity contribution is 5.23. The lowest BCUT2D eigenvalue weighted by Gasteiger charge is -2.22. The first-order valence-corrected chi connectivity index (χ1v) is 6.17. The van der Waals surface area contributed by atoms with Crippen molar-refractivity contribution < 1.29 is 14.2 Å². The van der Waals surface area contributed by atoms with Gasteiger partial charge in [0.15, 0.2) is 11.6 Å². The van der Waals surface area contributed by atoms with Crippen molar-refractivity contribution in [2.75, 3.05) is 26.2 Å². The number of hydrogen-bond acceptors (Lipinski definition) is 3. The molecule has 4 heteroatoms. The first-order valence-electron chi connectivity index (χ1n) is 6.17. The molecule has 3 nitrogen and oxygen atoms in total. The summed E-state index contributed by atoms with van der Waals surface area (Å²) in [5, 5.41) is 9.87. The zero-order valence-electron chi connectivity index (χ0n) is 11.0. The maximum Gasteiger partial charge on any atom is 0.165 e. The molecule has 0 radical (unpaired) electrons. The molecule has 0 saturated heterocycles. The molecule has 1 rings (SSSR count). The van der Waals surface area contributed by atoms with Gasteiger partial charge in [-0.1, -0.05) is 24.3 Å². The Hall–Kier alpha value is -1.65. The molecule has 1 unspecified atom stereocenters. The minimum absolute atomic E-state index is 0.0473. The van der Waals surface area contributed by atoms with E-state index in [4.69, 9.17) is 4.74 Å². The number of benzene rings is 1. The van der Waals surface area contributed by atoms with Crippen molar-refractivity contribution in [2.45, 2.75) is 6.10 Å². The molecule has 0 fully saturated rings. The van der Waals surface area contributed by atoms with Crippen molar-refractivity contribution in [3.05, 3.63) is 55.4 Å². The third kappa shape index (κ3) is 5.68. The van der Waals surface area contributed by atoms with E-state index >= 15 is 0 Å². The standard InChI is InChI=1S/C15H20FNO2/c1-3-9-17(10-4-2)11-13(18)12-19-15-8-6-5-7-14(15)16/h3-8,13,18H,1-2,9-12H2. The van der Waals surface area contributed by atoms with Gasteiger partial charge >= 0.3 is 0 Å². The number of ether oxygens (including phenoxy) is 1. The van der Waals surface area contributed by atoms with Crippen LogP contribution >= 0.6 is 0 Å². The molecular weight excluding hydrogens is 245 g/mol. The van der Waals surface area contributed by atoms with Crippen LogP contribution in [0.4, 0.5) is 4.39 Å². The summed E-state index contributed by atoms with van der Waals surface area (Å²) in [6.45, 7) is 9.10. The van der Waals surface area contributed by atoms with Crippen molar-refractivity contribution in [3.63, 3.8) is 0 Å². The van der Waals surface area contributed by atoms with Gasteiger partial charge in [-0.15, -0.1) is 13.2 Å². The molecule has 0 aliphatic rings. The summed E-state index contributed by atoms with van der Waals surface area (Å²) in [5.41, 5.74) is 0. The smallest absolute Gasteiger partial charge is 0.165 e. The molecule has 19 heavy (non-hydrogen) atoms. The molecule has 0 saturated carbocycles. The second kappa shape index (κ2) is 8.45. The summed E-state index contributed by atoms with van der Waals surface area (Å²) in [6.07, 6.45) is 2.82. The highest BCUT2D eigenvalue weighted by Gasteiger charge is 2.11. The van der Waals surface area contributed by atoms with Crippen molar-refractivity contribution >= 4 is 0 Å². The van der Waals surface area contributed by atoms with E-state index in [1.165, 1.54) is 12.1 Å². The lowest BCUT2D eigenvalue weighted by Crippen LogP contribution is -2.36. The SMILES string of the molecule is C=CCN(CC=C)CC(O)COc1ccccc1F. The number of nitrogens with zero attached hydrogens (tertiary/aromatic N) is 1. The van der Waals surface area contributed by atoms with Crippen LogP contribution in [-0.4, -0.2) is 42.4 Å². The van der Waals surface area contributed by atoms with Gasteiger partial charge in [0, 0.05) is 19.6 Å². The van der Waals surface area contributed by atoms with E-state index in [2.05, 4.69) is 13.2 Å². The Morgan fingerprint density at radius 3 is 2.47 bits per heavy atom. The third-order valence-corrected chi connectivity index (χ3v) is 2.51. The summed E-state index contributed by atoms with van der Waals surface area (Å²) in [4.78, 5) is 1.97. The molecule has 1 aromatic carbocycles. The fraction of sp³-hybridized carbons (Fsp3) is 0.333. The van der Waals surface area contributed by atoms with E-state index < -0.39 is 11.9 Å². The molecule has 0 heterocycles. The van der Waals surface area contributed by atoms with E-state index in [1.807, 2.05) is 4.90 Å². The van der Waals surface area contributed by atoms with Crippen LogP contribution in [0.2, 0.25) is 0 Å². The molecule has 0 aliphatic heterocycles.